The van der Waals surface area contributed by atoms with E-state index in [2.05, 4.69) is 10.9 Å². The van der Waals surface area contributed by atoms with Crippen molar-refractivity contribution in [3.05, 3.63) is 58.1 Å². The van der Waals surface area contributed by atoms with Gasteiger partial charge >= 0.3 is 0 Å². The highest BCUT2D eigenvalue weighted by molar-refractivity contribution is 6.43. The molecule has 0 aliphatic rings. The smallest absolute Gasteiger partial charge is 0.135 e. The molecule has 2 rings (SSSR count). The minimum atomic E-state index is -0.0126. The molecule has 0 spiro atoms. The average Bonchev–Trinajstić information content (AvgIpc) is 2.40. The molecule has 3 N–H and O–H groups in total. The van der Waals surface area contributed by atoms with Gasteiger partial charge in [0.25, 0.3) is 0 Å². The summed E-state index contributed by atoms with van der Waals surface area (Å²) in [7, 11) is 0. The van der Waals surface area contributed by atoms with Crippen molar-refractivity contribution in [3.63, 3.8) is 0 Å². The number of anilines is 1. The first kappa shape index (κ1) is 13.0. The highest BCUT2D eigenvalue weighted by atomic mass is 35.5. The Bertz CT molecular complexity index is 532. The van der Waals surface area contributed by atoms with E-state index in [0.717, 1.165) is 11.3 Å². The van der Waals surface area contributed by atoms with Crippen LogP contribution < -0.4 is 10.9 Å². The highest BCUT2D eigenvalue weighted by Crippen LogP contribution is 2.33. The topological polar surface area (TPSA) is 44.3 Å². The lowest BCUT2D eigenvalue weighted by Crippen LogP contribution is -2.20. The summed E-state index contributed by atoms with van der Waals surface area (Å²) in [6, 6.07) is 13.0. The number of phenolic OH excluding ortho intramolecular Hbond substituents is 1. The zero-order valence-corrected chi connectivity index (χ0v) is 11.0. The van der Waals surface area contributed by atoms with Gasteiger partial charge in [-0.3, -0.25) is 0 Å². The van der Waals surface area contributed by atoms with Crippen LogP contribution in [0.5, 0.6) is 5.75 Å². The van der Waals surface area contributed by atoms with Gasteiger partial charge in [0.2, 0.25) is 0 Å². The maximum Gasteiger partial charge on any atom is 0.135 e. The molecule has 0 fully saturated rings. The number of aromatic hydroxyl groups is 1. The van der Waals surface area contributed by atoms with Crippen LogP contribution in [0.25, 0.3) is 0 Å². The van der Waals surface area contributed by atoms with Gasteiger partial charge in [-0.25, -0.2) is 5.43 Å². The third-order valence-corrected chi connectivity index (χ3v) is 3.34. The lowest BCUT2D eigenvalue weighted by molar-refractivity contribution is 0.475. The fourth-order valence-electron chi connectivity index (χ4n) is 1.48. The Morgan fingerprint density at radius 3 is 2.39 bits per heavy atom. The van der Waals surface area contributed by atoms with E-state index < -0.39 is 0 Å². The molecule has 3 nitrogen and oxygen atoms in total. The Hall–Kier alpha value is -1.42. The Balaban J connectivity index is 1.97. The summed E-state index contributed by atoms with van der Waals surface area (Å²) in [6.07, 6.45) is 0. The van der Waals surface area contributed by atoms with Crippen molar-refractivity contribution >= 4 is 28.9 Å². The number of nitrogens with one attached hydrogen (secondary N) is 2. The molecule has 0 saturated carbocycles. The number of hydrogen-bond donors (Lipinski definition) is 3. The number of rotatable bonds is 4. The van der Waals surface area contributed by atoms with E-state index in [1.165, 1.54) is 6.07 Å². The van der Waals surface area contributed by atoms with Crippen LogP contribution in [0.1, 0.15) is 5.56 Å². The summed E-state index contributed by atoms with van der Waals surface area (Å²) < 4.78 is 0. The first-order chi connectivity index (χ1) is 8.68. The van der Waals surface area contributed by atoms with Gasteiger partial charge < -0.3 is 10.5 Å². The van der Waals surface area contributed by atoms with Crippen molar-refractivity contribution in [2.45, 2.75) is 6.54 Å². The van der Waals surface area contributed by atoms with E-state index >= 15 is 0 Å². The van der Waals surface area contributed by atoms with E-state index in [9.17, 15) is 5.11 Å². The van der Waals surface area contributed by atoms with Gasteiger partial charge in [0, 0.05) is 12.2 Å². The second-order valence-electron chi connectivity index (χ2n) is 3.72. The molecular formula is C13H12Cl2N2O. The standard InChI is InChI=1S/C13H12Cl2N2O/c14-12-9(6-7-11(18)13(12)15)8-16-17-10-4-2-1-3-5-10/h1-7,16-18H,8H2. The molecule has 0 aliphatic heterocycles. The predicted molar refractivity (Wildman–Crippen MR) is 75.0 cm³/mol. The minimum absolute atomic E-state index is 0.0126. The molecule has 2 aromatic carbocycles. The van der Waals surface area contributed by atoms with E-state index in [1.54, 1.807) is 6.07 Å². The molecule has 0 unspecified atom stereocenters. The summed E-state index contributed by atoms with van der Waals surface area (Å²) in [5.41, 5.74) is 7.84. The van der Waals surface area contributed by atoms with Crippen molar-refractivity contribution < 1.29 is 5.11 Å². The maximum atomic E-state index is 9.38. The first-order valence-electron chi connectivity index (χ1n) is 5.38. The summed E-state index contributed by atoms with van der Waals surface area (Å²) >= 11 is 11.9. The largest absolute Gasteiger partial charge is 0.506 e. The van der Waals surface area contributed by atoms with E-state index in [-0.39, 0.29) is 10.8 Å². The molecule has 0 aliphatic carbocycles. The molecule has 0 heterocycles. The fourth-order valence-corrected chi connectivity index (χ4v) is 1.89. The van der Waals surface area contributed by atoms with Gasteiger partial charge in [-0.2, -0.15) is 0 Å². The summed E-state index contributed by atoms with van der Waals surface area (Å²) in [4.78, 5) is 0. The minimum Gasteiger partial charge on any atom is -0.506 e. The monoisotopic (exact) mass is 282 g/mol. The molecule has 0 amide bonds. The van der Waals surface area contributed by atoms with Crippen LogP contribution >= 0.6 is 23.2 Å². The van der Waals surface area contributed by atoms with E-state index in [1.807, 2.05) is 30.3 Å². The summed E-state index contributed by atoms with van der Waals surface area (Å²) in [6.45, 7) is 0.494. The normalized spacial score (nSPS) is 10.3. The second kappa shape index (κ2) is 5.96. The van der Waals surface area contributed by atoms with Crippen LogP contribution in [0.2, 0.25) is 10.0 Å². The molecule has 0 radical (unpaired) electrons. The SMILES string of the molecule is Oc1ccc(CNNc2ccccc2)c(Cl)c1Cl. The molecule has 0 saturated heterocycles. The Morgan fingerprint density at radius 1 is 0.944 bits per heavy atom. The van der Waals surface area contributed by atoms with Gasteiger partial charge in [0.15, 0.2) is 0 Å². The number of hydrogen-bond acceptors (Lipinski definition) is 3. The molecule has 0 atom stereocenters. The Kier molecular flexibility index (Phi) is 4.31. The third-order valence-electron chi connectivity index (χ3n) is 2.43. The maximum absolute atomic E-state index is 9.38. The average molecular weight is 283 g/mol. The van der Waals surface area contributed by atoms with Gasteiger partial charge in [0.1, 0.15) is 10.8 Å². The lowest BCUT2D eigenvalue weighted by Gasteiger charge is -2.10. The summed E-state index contributed by atoms with van der Waals surface area (Å²) in [5, 5.41) is 9.91. The second-order valence-corrected chi connectivity index (χ2v) is 4.47. The molecule has 18 heavy (non-hydrogen) atoms. The predicted octanol–water partition coefficient (Wildman–Crippen LogP) is 3.82. The van der Waals surface area contributed by atoms with Crippen molar-refractivity contribution in [2.24, 2.45) is 0 Å². The molecule has 0 aromatic heterocycles. The van der Waals surface area contributed by atoms with Crippen molar-refractivity contribution in [3.8, 4) is 5.75 Å². The fraction of sp³-hybridized carbons (Fsp3) is 0.0769. The molecule has 2 aromatic rings. The molecule has 94 valence electrons. The van der Waals surface area contributed by atoms with Crippen LogP contribution in [-0.2, 0) is 6.54 Å². The van der Waals surface area contributed by atoms with Crippen molar-refractivity contribution in [1.29, 1.82) is 0 Å². The number of benzene rings is 2. The Labute approximate surface area is 115 Å². The molecular weight excluding hydrogens is 271 g/mol. The van der Waals surface area contributed by atoms with Gasteiger partial charge in [0.05, 0.1) is 5.02 Å². The van der Waals surface area contributed by atoms with E-state index in [4.69, 9.17) is 23.2 Å². The number of phenols is 1. The zero-order chi connectivity index (χ0) is 13.0. The summed E-state index contributed by atoms with van der Waals surface area (Å²) in [5.74, 6) is -0.0126. The number of para-hydroxylation sites is 1. The van der Waals surface area contributed by atoms with Gasteiger partial charge in [-0.15, -0.1) is 0 Å². The quantitative estimate of drug-likeness (QED) is 0.747. The zero-order valence-electron chi connectivity index (χ0n) is 9.45. The van der Waals surface area contributed by atoms with Gasteiger partial charge in [-0.05, 0) is 23.8 Å². The number of hydrazine groups is 1. The van der Waals surface area contributed by atoms with Crippen LogP contribution in [0.4, 0.5) is 5.69 Å². The van der Waals surface area contributed by atoms with Crippen LogP contribution in [0.3, 0.4) is 0 Å². The van der Waals surface area contributed by atoms with Crippen molar-refractivity contribution in [1.82, 2.24) is 5.43 Å². The van der Waals surface area contributed by atoms with Crippen LogP contribution in [0.15, 0.2) is 42.5 Å². The van der Waals surface area contributed by atoms with Crippen LogP contribution in [0, 0.1) is 0 Å². The van der Waals surface area contributed by atoms with Crippen molar-refractivity contribution in [2.75, 3.05) is 5.43 Å². The first-order valence-corrected chi connectivity index (χ1v) is 6.14. The van der Waals surface area contributed by atoms with Crippen LogP contribution in [-0.4, -0.2) is 5.11 Å². The molecule has 0 bridgehead atoms. The lowest BCUT2D eigenvalue weighted by atomic mass is 10.2. The number of halogens is 2. The molecule has 5 heteroatoms. The van der Waals surface area contributed by atoms with E-state index in [0.29, 0.717) is 11.6 Å². The van der Waals surface area contributed by atoms with Gasteiger partial charge in [-0.1, -0.05) is 47.5 Å². The highest BCUT2D eigenvalue weighted by Gasteiger charge is 2.08. The third kappa shape index (κ3) is 3.07. The Morgan fingerprint density at radius 2 is 1.67 bits per heavy atom.